The smallest absolute Gasteiger partial charge is 0.269 e. The van der Waals surface area contributed by atoms with Crippen molar-refractivity contribution in [2.24, 2.45) is 0 Å². The molecule has 15 heteroatoms. The maximum atomic E-state index is 11.5. The van der Waals surface area contributed by atoms with E-state index in [0.717, 1.165) is 0 Å². The molecule has 5 atom stereocenters. The number of para-hydroxylation sites is 1. The summed E-state index contributed by atoms with van der Waals surface area (Å²) in [5.74, 6) is 0.275. The molecule has 0 spiro atoms. The number of aromatic nitrogens is 7. The molecule has 0 radical (unpaired) electrons. The van der Waals surface area contributed by atoms with Crippen LogP contribution in [0.2, 0.25) is 0 Å². The van der Waals surface area contributed by atoms with E-state index in [4.69, 9.17) is 4.74 Å². The number of hydrogen-bond acceptors (Lipinski definition) is 12. The molecule has 6 rings (SSSR count). The van der Waals surface area contributed by atoms with Crippen LogP contribution in [0.25, 0.3) is 22.2 Å². The first kappa shape index (κ1) is 23.8. The van der Waals surface area contributed by atoms with Gasteiger partial charge < -0.3 is 25.4 Å². The van der Waals surface area contributed by atoms with Crippen LogP contribution < -0.4 is 5.32 Å². The van der Waals surface area contributed by atoms with Crippen molar-refractivity contribution in [2.45, 2.75) is 30.7 Å². The van der Waals surface area contributed by atoms with Gasteiger partial charge in [-0.2, -0.15) is 0 Å². The van der Waals surface area contributed by atoms with Gasteiger partial charge >= 0.3 is 0 Å². The maximum Gasteiger partial charge on any atom is 0.269 e. The summed E-state index contributed by atoms with van der Waals surface area (Å²) in [6.45, 7) is -0.472. The monoisotopic (exact) mass is 519 g/mol. The highest BCUT2D eigenvalue weighted by Gasteiger charge is 2.44. The zero-order chi connectivity index (χ0) is 26.4. The summed E-state index contributed by atoms with van der Waals surface area (Å²) >= 11 is 0. The fraction of sp³-hybridized carbons (Fsp3) is 0.261. The zero-order valence-corrected chi connectivity index (χ0v) is 19.5. The van der Waals surface area contributed by atoms with Crippen LogP contribution in [0.1, 0.15) is 18.0 Å². The quantitative estimate of drug-likeness (QED) is 0.174. The van der Waals surface area contributed by atoms with E-state index in [2.05, 4.69) is 30.6 Å². The first-order valence-electron chi connectivity index (χ1n) is 11.6. The van der Waals surface area contributed by atoms with E-state index < -0.39 is 42.2 Å². The predicted octanol–water partition coefficient (Wildman–Crippen LogP) is 0.750. The third-order valence-electron chi connectivity index (χ3n) is 6.44. The topological polar surface area (TPSA) is 199 Å². The van der Waals surface area contributed by atoms with Crippen LogP contribution in [-0.4, -0.2) is 79.7 Å². The van der Waals surface area contributed by atoms with E-state index in [0.29, 0.717) is 27.8 Å². The van der Waals surface area contributed by atoms with Gasteiger partial charge in [-0.3, -0.25) is 14.7 Å². The lowest BCUT2D eigenvalue weighted by atomic mass is 10.1. The SMILES string of the molecule is O=[N+]([O-])c1cccc(C(Nc2ncnc3c2ncn3[C@@H]2O[C@H](CO)[C@@H](O)[C@H]2O)n2nnc3ccccc32)c1. The van der Waals surface area contributed by atoms with Crippen molar-refractivity contribution in [1.29, 1.82) is 0 Å². The van der Waals surface area contributed by atoms with E-state index in [9.17, 15) is 25.4 Å². The second kappa shape index (κ2) is 9.38. The maximum absolute atomic E-state index is 11.5. The van der Waals surface area contributed by atoms with E-state index in [1.54, 1.807) is 22.9 Å². The van der Waals surface area contributed by atoms with Crippen molar-refractivity contribution in [2.75, 3.05) is 11.9 Å². The largest absolute Gasteiger partial charge is 0.394 e. The third-order valence-corrected chi connectivity index (χ3v) is 6.44. The van der Waals surface area contributed by atoms with Gasteiger partial charge in [-0.15, -0.1) is 5.10 Å². The number of anilines is 1. The van der Waals surface area contributed by atoms with Gasteiger partial charge in [-0.25, -0.2) is 19.6 Å². The lowest BCUT2D eigenvalue weighted by Crippen LogP contribution is -2.33. The number of rotatable bonds is 7. The Hall–Kier alpha value is -4.57. The van der Waals surface area contributed by atoms with E-state index in [1.165, 1.54) is 29.4 Å². The molecule has 1 aliphatic heterocycles. The molecular weight excluding hydrogens is 498 g/mol. The molecule has 4 N–H and O–H groups in total. The van der Waals surface area contributed by atoms with Crippen molar-refractivity contribution in [3.63, 3.8) is 0 Å². The number of hydrogen-bond donors (Lipinski definition) is 4. The Morgan fingerprint density at radius 2 is 1.95 bits per heavy atom. The number of imidazole rings is 1. The molecule has 0 saturated carbocycles. The molecule has 194 valence electrons. The van der Waals surface area contributed by atoms with Gasteiger partial charge in [0.25, 0.3) is 5.69 Å². The summed E-state index contributed by atoms with van der Waals surface area (Å²) in [6.07, 6.45) is -2.73. The van der Waals surface area contributed by atoms with Gasteiger partial charge in [-0.05, 0) is 12.1 Å². The Morgan fingerprint density at radius 1 is 1.11 bits per heavy atom. The van der Waals surface area contributed by atoms with Gasteiger partial charge in [0.15, 0.2) is 23.2 Å². The molecule has 5 aromatic rings. The molecule has 1 unspecified atom stereocenters. The summed E-state index contributed by atoms with van der Waals surface area (Å²) in [7, 11) is 0. The van der Waals surface area contributed by atoms with E-state index in [1.807, 2.05) is 18.2 Å². The zero-order valence-electron chi connectivity index (χ0n) is 19.5. The van der Waals surface area contributed by atoms with Crippen LogP contribution in [0.5, 0.6) is 0 Å². The van der Waals surface area contributed by atoms with E-state index >= 15 is 0 Å². The van der Waals surface area contributed by atoms with Crippen molar-refractivity contribution in [3.8, 4) is 0 Å². The molecule has 1 aliphatic rings. The Labute approximate surface area is 213 Å². The van der Waals surface area contributed by atoms with Crippen LogP contribution in [0, 0.1) is 10.1 Å². The Morgan fingerprint density at radius 3 is 2.74 bits per heavy atom. The minimum absolute atomic E-state index is 0.0970. The van der Waals surface area contributed by atoms with Gasteiger partial charge in [0.05, 0.1) is 23.4 Å². The number of aliphatic hydroxyl groups is 3. The number of nitro groups is 1. The first-order valence-corrected chi connectivity index (χ1v) is 11.6. The van der Waals surface area contributed by atoms with Crippen molar-refractivity contribution >= 4 is 33.7 Å². The Bertz CT molecular complexity index is 1640. The highest BCUT2D eigenvalue weighted by molar-refractivity contribution is 5.83. The summed E-state index contributed by atoms with van der Waals surface area (Å²) in [6, 6.07) is 13.4. The number of benzene rings is 2. The number of nitro benzene ring substituents is 1. The van der Waals surface area contributed by atoms with Crippen LogP contribution in [0.3, 0.4) is 0 Å². The van der Waals surface area contributed by atoms with E-state index in [-0.39, 0.29) is 11.5 Å². The molecule has 38 heavy (non-hydrogen) atoms. The fourth-order valence-corrected chi connectivity index (χ4v) is 4.55. The second-order valence-electron chi connectivity index (χ2n) is 8.70. The van der Waals surface area contributed by atoms with Gasteiger partial charge in [0.2, 0.25) is 0 Å². The molecule has 0 aliphatic carbocycles. The molecule has 4 heterocycles. The first-order chi connectivity index (χ1) is 18.5. The summed E-state index contributed by atoms with van der Waals surface area (Å²) in [4.78, 5) is 24.0. The van der Waals surface area contributed by atoms with Gasteiger partial charge in [0.1, 0.15) is 36.3 Å². The molecule has 1 fully saturated rings. The third kappa shape index (κ3) is 3.90. The number of nitrogens with one attached hydrogen (secondary N) is 1. The lowest BCUT2D eigenvalue weighted by molar-refractivity contribution is -0.384. The molecule has 3 aromatic heterocycles. The molecule has 1 saturated heterocycles. The Kier molecular flexibility index (Phi) is 5.88. The molecular formula is C23H21N9O6. The second-order valence-corrected chi connectivity index (χ2v) is 8.70. The standard InChI is InChI=1S/C23H21N9O6/c33-9-16-18(34)19(35)23(38-16)30-11-26-17-20(24-10-25-22(17)30)27-21(12-4-3-5-13(8-12)32(36)37)31-15-7-2-1-6-14(15)28-29-31/h1-8,10-11,16,18-19,21,23,33-35H,9H2,(H,24,25,27)/t16-,18-,19-,21?,23-/m1/s1. The lowest BCUT2D eigenvalue weighted by Gasteiger charge is -2.21. The minimum atomic E-state index is -1.32. The highest BCUT2D eigenvalue weighted by Crippen LogP contribution is 2.33. The van der Waals surface area contributed by atoms with Crippen molar-refractivity contribution < 1.29 is 25.0 Å². The van der Waals surface area contributed by atoms with Gasteiger partial charge in [-0.1, -0.05) is 29.5 Å². The van der Waals surface area contributed by atoms with Crippen LogP contribution >= 0.6 is 0 Å². The number of fused-ring (bicyclic) bond motifs is 2. The summed E-state index contributed by atoms with van der Waals surface area (Å²) in [5.41, 5.74) is 2.33. The average molecular weight is 519 g/mol. The highest BCUT2D eigenvalue weighted by atomic mass is 16.6. The van der Waals surface area contributed by atoms with Crippen LogP contribution in [-0.2, 0) is 4.74 Å². The predicted molar refractivity (Wildman–Crippen MR) is 131 cm³/mol. The summed E-state index contributed by atoms with van der Waals surface area (Å²) < 4.78 is 8.66. The van der Waals surface area contributed by atoms with Gasteiger partial charge in [0, 0.05) is 17.7 Å². The minimum Gasteiger partial charge on any atom is -0.394 e. The van der Waals surface area contributed by atoms with Crippen LogP contribution in [0.15, 0.2) is 61.2 Å². The Balaban J connectivity index is 1.44. The molecule has 0 amide bonds. The fourth-order valence-electron chi connectivity index (χ4n) is 4.55. The molecule has 0 bridgehead atoms. The van der Waals surface area contributed by atoms with Crippen LogP contribution in [0.4, 0.5) is 11.5 Å². The summed E-state index contributed by atoms with van der Waals surface area (Å²) in [5, 5.41) is 53.3. The van der Waals surface area contributed by atoms with Crippen molar-refractivity contribution in [1.82, 2.24) is 34.5 Å². The number of non-ortho nitro benzene ring substituents is 1. The molecule has 2 aromatic carbocycles. The van der Waals surface area contributed by atoms with Crippen molar-refractivity contribution in [3.05, 3.63) is 76.9 Å². The number of ether oxygens (including phenoxy) is 1. The average Bonchev–Trinajstić information content (AvgIpc) is 3.63. The number of nitrogens with zero attached hydrogens (tertiary/aromatic N) is 8. The molecule has 15 nitrogen and oxygen atoms in total. The normalized spacial score (nSPS) is 22.2. The number of aliphatic hydroxyl groups excluding tert-OH is 3.